The Morgan fingerprint density at radius 2 is 1.83 bits per heavy atom. The molecule has 0 saturated heterocycles. The zero-order valence-corrected chi connectivity index (χ0v) is 18.3. The van der Waals surface area contributed by atoms with Crippen LogP contribution in [-0.2, 0) is 22.6 Å². The molecule has 0 saturated carbocycles. The van der Waals surface area contributed by atoms with Crippen molar-refractivity contribution in [3.63, 3.8) is 0 Å². The SMILES string of the molecule is CC(C(=O)NC(C)(C)C)N(Cc1cccc(Cl)c1)C(=O)Cc1ccccc1[N+](=O)[O-]. The van der Waals surface area contributed by atoms with E-state index in [9.17, 15) is 19.7 Å². The molecule has 2 aromatic carbocycles. The lowest BCUT2D eigenvalue weighted by atomic mass is 10.1. The number of halogens is 1. The van der Waals surface area contributed by atoms with E-state index in [0.29, 0.717) is 10.6 Å². The van der Waals surface area contributed by atoms with Gasteiger partial charge in [-0.25, -0.2) is 0 Å². The van der Waals surface area contributed by atoms with Crippen LogP contribution in [0.25, 0.3) is 0 Å². The third kappa shape index (κ3) is 6.56. The first-order valence-corrected chi connectivity index (χ1v) is 9.94. The number of carbonyl (C=O) groups is 2. The van der Waals surface area contributed by atoms with E-state index in [1.807, 2.05) is 26.8 Å². The first kappa shape index (κ1) is 23.3. The summed E-state index contributed by atoms with van der Waals surface area (Å²) in [6.45, 7) is 7.36. The molecule has 0 spiro atoms. The molecule has 0 fully saturated rings. The van der Waals surface area contributed by atoms with E-state index in [2.05, 4.69) is 5.32 Å². The smallest absolute Gasteiger partial charge is 0.273 e. The largest absolute Gasteiger partial charge is 0.350 e. The molecule has 160 valence electrons. The van der Waals surface area contributed by atoms with Gasteiger partial charge in [0.05, 0.1) is 11.3 Å². The number of carbonyl (C=O) groups excluding carboxylic acids is 2. The third-order valence-electron chi connectivity index (χ3n) is 4.44. The van der Waals surface area contributed by atoms with E-state index in [-0.39, 0.29) is 30.5 Å². The van der Waals surface area contributed by atoms with Crippen molar-refractivity contribution in [2.75, 3.05) is 0 Å². The standard InChI is InChI=1S/C22H26ClN3O4/c1-15(21(28)24-22(2,3)4)25(14-16-8-7-10-18(23)12-16)20(27)13-17-9-5-6-11-19(17)26(29)30/h5-12,15H,13-14H2,1-4H3,(H,24,28). The summed E-state index contributed by atoms with van der Waals surface area (Å²) in [6.07, 6.45) is -0.190. The van der Waals surface area contributed by atoms with Gasteiger partial charge < -0.3 is 10.2 Å². The molecule has 0 aliphatic heterocycles. The number of rotatable bonds is 7. The Morgan fingerprint density at radius 1 is 1.17 bits per heavy atom. The topological polar surface area (TPSA) is 92.6 Å². The van der Waals surface area contributed by atoms with Crippen LogP contribution in [0.3, 0.4) is 0 Å². The lowest BCUT2D eigenvalue weighted by Crippen LogP contribution is -2.52. The van der Waals surface area contributed by atoms with Crippen LogP contribution in [-0.4, -0.2) is 33.2 Å². The van der Waals surface area contributed by atoms with Gasteiger partial charge in [0, 0.05) is 28.7 Å². The quantitative estimate of drug-likeness (QED) is 0.527. The average Bonchev–Trinajstić information content (AvgIpc) is 2.64. The number of amides is 2. The molecule has 0 radical (unpaired) electrons. The van der Waals surface area contributed by atoms with Crippen LogP contribution < -0.4 is 5.32 Å². The van der Waals surface area contributed by atoms with Crippen molar-refractivity contribution in [1.29, 1.82) is 0 Å². The van der Waals surface area contributed by atoms with Gasteiger partial charge in [0.2, 0.25) is 11.8 Å². The molecule has 0 aliphatic rings. The monoisotopic (exact) mass is 431 g/mol. The molecule has 2 rings (SSSR count). The van der Waals surface area contributed by atoms with Crippen molar-refractivity contribution < 1.29 is 14.5 Å². The minimum atomic E-state index is -0.779. The van der Waals surface area contributed by atoms with Crippen LogP contribution in [0, 0.1) is 10.1 Å². The van der Waals surface area contributed by atoms with E-state index >= 15 is 0 Å². The predicted octanol–water partition coefficient (Wildman–Crippen LogP) is 4.12. The highest BCUT2D eigenvalue weighted by molar-refractivity contribution is 6.30. The Labute approximate surface area is 181 Å². The Bertz CT molecular complexity index is 940. The lowest BCUT2D eigenvalue weighted by Gasteiger charge is -2.31. The van der Waals surface area contributed by atoms with Crippen LogP contribution >= 0.6 is 11.6 Å². The zero-order chi connectivity index (χ0) is 22.5. The highest BCUT2D eigenvalue weighted by atomic mass is 35.5. The molecule has 2 amide bonds. The number of benzene rings is 2. The lowest BCUT2D eigenvalue weighted by molar-refractivity contribution is -0.385. The van der Waals surface area contributed by atoms with Gasteiger partial charge in [0.1, 0.15) is 6.04 Å². The van der Waals surface area contributed by atoms with E-state index in [1.54, 1.807) is 43.3 Å². The first-order valence-electron chi connectivity index (χ1n) is 9.56. The van der Waals surface area contributed by atoms with Crippen molar-refractivity contribution in [1.82, 2.24) is 10.2 Å². The van der Waals surface area contributed by atoms with E-state index < -0.39 is 16.5 Å². The predicted molar refractivity (Wildman–Crippen MR) is 116 cm³/mol. The number of hydrogen-bond acceptors (Lipinski definition) is 4. The number of nitrogens with one attached hydrogen (secondary N) is 1. The maximum Gasteiger partial charge on any atom is 0.273 e. The molecular weight excluding hydrogens is 406 g/mol. The Morgan fingerprint density at radius 3 is 2.43 bits per heavy atom. The van der Waals surface area contributed by atoms with Crippen LogP contribution in [0.1, 0.15) is 38.8 Å². The maximum atomic E-state index is 13.2. The molecule has 1 atom stereocenters. The maximum absolute atomic E-state index is 13.2. The van der Waals surface area contributed by atoms with Crippen LogP contribution in [0.15, 0.2) is 48.5 Å². The Balaban J connectivity index is 2.33. The van der Waals surface area contributed by atoms with Gasteiger partial charge in [-0.15, -0.1) is 0 Å². The number of nitro benzene ring substituents is 1. The Hall–Kier alpha value is -2.93. The molecule has 0 aliphatic carbocycles. The van der Waals surface area contributed by atoms with Gasteiger partial charge >= 0.3 is 0 Å². The van der Waals surface area contributed by atoms with Crippen molar-refractivity contribution in [3.8, 4) is 0 Å². The van der Waals surface area contributed by atoms with E-state index in [4.69, 9.17) is 11.6 Å². The van der Waals surface area contributed by atoms with Crippen LogP contribution in [0.2, 0.25) is 5.02 Å². The molecule has 2 aromatic rings. The summed E-state index contributed by atoms with van der Waals surface area (Å²) < 4.78 is 0. The minimum Gasteiger partial charge on any atom is -0.350 e. The van der Waals surface area contributed by atoms with Crippen LogP contribution in [0.4, 0.5) is 5.69 Å². The summed E-state index contributed by atoms with van der Waals surface area (Å²) in [4.78, 5) is 38.1. The second kappa shape index (κ2) is 9.71. The van der Waals surface area contributed by atoms with E-state index in [1.165, 1.54) is 11.0 Å². The van der Waals surface area contributed by atoms with Crippen molar-refractivity contribution >= 4 is 29.1 Å². The third-order valence-corrected chi connectivity index (χ3v) is 4.67. The van der Waals surface area contributed by atoms with Crippen molar-refractivity contribution in [2.24, 2.45) is 0 Å². The summed E-state index contributed by atoms with van der Waals surface area (Å²) in [5.74, 6) is -0.693. The molecule has 0 heterocycles. The minimum absolute atomic E-state index is 0.125. The number of para-hydroxylation sites is 1. The second-order valence-electron chi connectivity index (χ2n) is 8.13. The molecule has 1 unspecified atom stereocenters. The van der Waals surface area contributed by atoms with Gasteiger partial charge in [-0.2, -0.15) is 0 Å². The molecule has 30 heavy (non-hydrogen) atoms. The molecule has 7 nitrogen and oxygen atoms in total. The fourth-order valence-electron chi connectivity index (χ4n) is 2.99. The second-order valence-corrected chi connectivity index (χ2v) is 8.57. The summed E-state index contributed by atoms with van der Waals surface area (Å²) in [5, 5.41) is 14.7. The van der Waals surface area contributed by atoms with Gasteiger partial charge in [0.25, 0.3) is 5.69 Å². The highest BCUT2D eigenvalue weighted by Gasteiger charge is 2.29. The van der Waals surface area contributed by atoms with Gasteiger partial charge in [0.15, 0.2) is 0 Å². The summed E-state index contributed by atoms with van der Waals surface area (Å²) in [7, 11) is 0. The first-order chi connectivity index (χ1) is 14.0. The van der Waals surface area contributed by atoms with Crippen molar-refractivity contribution in [3.05, 3.63) is 74.8 Å². The molecule has 8 heteroatoms. The number of hydrogen-bond donors (Lipinski definition) is 1. The Kier molecular flexibility index (Phi) is 7.56. The normalized spacial score (nSPS) is 12.2. The molecule has 0 aromatic heterocycles. The molecule has 0 bridgehead atoms. The number of nitro groups is 1. The zero-order valence-electron chi connectivity index (χ0n) is 17.5. The fraction of sp³-hybridized carbons (Fsp3) is 0.364. The van der Waals surface area contributed by atoms with Gasteiger partial charge in [-0.1, -0.05) is 41.9 Å². The molecule has 1 N–H and O–H groups in total. The summed E-state index contributed by atoms with van der Waals surface area (Å²) in [5.41, 5.74) is 0.468. The van der Waals surface area contributed by atoms with Gasteiger partial charge in [-0.05, 0) is 45.4 Å². The van der Waals surface area contributed by atoms with Crippen molar-refractivity contribution in [2.45, 2.75) is 52.2 Å². The molecular formula is C22H26ClN3O4. The highest BCUT2D eigenvalue weighted by Crippen LogP contribution is 2.21. The summed E-state index contributed by atoms with van der Waals surface area (Å²) >= 11 is 6.06. The van der Waals surface area contributed by atoms with Gasteiger partial charge in [-0.3, -0.25) is 19.7 Å². The van der Waals surface area contributed by atoms with Crippen LogP contribution in [0.5, 0.6) is 0 Å². The van der Waals surface area contributed by atoms with E-state index in [0.717, 1.165) is 5.56 Å². The average molecular weight is 432 g/mol. The summed E-state index contributed by atoms with van der Waals surface area (Å²) in [6, 6.07) is 12.4. The fourth-order valence-corrected chi connectivity index (χ4v) is 3.20. The number of nitrogens with zero attached hydrogens (tertiary/aromatic N) is 2.